The van der Waals surface area contributed by atoms with Crippen molar-refractivity contribution in [2.45, 2.75) is 43.4 Å². The van der Waals surface area contributed by atoms with Crippen molar-refractivity contribution in [1.82, 2.24) is 4.90 Å². The van der Waals surface area contributed by atoms with Gasteiger partial charge in [0, 0.05) is 32.7 Å². The molecule has 1 aliphatic carbocycles. The molecule has 146 valence electrons. The molecule has 1 aromatic carbocycles. The highest BCUT2D eigenvalue weighted by atomic mass is 16.7. The molecule has 3 heterocycles. The van der Waals surface area contributed by atoms with E-state index in [1.54, 1.807) is 21.3 Å². The van der Waals surface area contributed by atoms with Crippen LogP contribution in [0.15, 0.2) is 17.7 Å². The van der Waals surface area contributed by atoms with Gasteiger partial charge in [-0.3, -0.25) is 4.90 Å². The molecule has 6 nitrogen and oxygen atoms in total. The fourth-order valence-electron chi connectivity index (χ4n) is 5.57. The lowest BCUT2D eigenvalue weighted by Gasteiger charge is -2.46. The average molecular weight is 373 g/mol. The summed E-state index contributed by atoms with van der Waals surface area (Å²) >= 11 is 0. The molecule has 1 spiro atoms. The Hall–Kier alpha value is -1.76. The number of nitrogens with zero attached hydrogens (tertiary/aromatic N) is 1. The standard InChI is InChI=1S/C21H27NO5/c1-23-16-9-13-6-8-22-7-4-5-14-15(21(13,22)11-18(16)24-2)10-17-20(19(14)25-3)27-12-26-17/h9-10,16,18H,4-8,11-12H2,1-3H3. The van der Waals surface area contributed by atoms with Gasteiger partial charge >= 0.3 is 0 Å². The van der Waals surface area contributed by atoms with Crippen molar-refractivity contribution in [3.05, 3.63) is 28.8 Å². The van der Waals surface area contributed by atoms with Crippen LogP contribution >= 0.6 is 0 Å². The first-order valence-electron chi connectivity index (χ1n) is 9.74. The van der Waals surface area contributed by atoms with Gasteiger partial charge in [-0.1, -0.05) is 6.08 Å². The molecule has 0 aromatic heterocycles. The molecule has 0 bridgehead atoms. The number of fused-ring (bicyclic) bond motifs is 2. The smallest absolute Gasteiger partial charge is 0.231 e. The fraction of sp³-hybridized carbons (Fsp3) is 0.619. The summed E-state index contributed by atoms with van der Waals surface area (Å²) in [5.41, 5.74) is 3.81. The summed E-state index contributed by atoms with van der Waals surface area (Å²) in [6.07, 6.45) is 6.33. The van der Waals surface area contributed by atoms with E-state index in [0.717, 1.165) is 56.0 Å². The van der Waals surface area contributed by atoms with E-state index in [1.165, 1.54) is 16.7 Å². The minimum absolute atomic E-state index is 0.00168. The van der Waals surface area contributed by atoms with Crippen molar-refractivity contribution < 1.29 is 23.7 Å². The number of benzene rings is 1. The number of ether oxygens (including phenoxy) is 5. The van der Waals surface area contributed by atoms with Gasteiger partial charge in [-0.15, -0.1) is 0 Å². The highest BCUT2D eigenvalue weighted by Gasteiger charge is 2.53. The highest BCUT2D eigenvalue weighted by Crippen LogP contribution is 2.57. The first kappa shape index (κ1) is 17.3. The van der Waals surface area contributed by atoms with Gasteiger partial charge in [-0.05, 0) is 43.0 Å². The first-order valence-corrected chi connectivity index (χ1v) is 9.74. The van der Waals surface area contributed by atoms with E-state index in [1.807, 2.05) is 0 Å². The van der Waals surface area contributed by atoms with Gasteiger partial charge in [0.05, 0.1) is 18.8 Å². The molecule has 1 aromatic rings. The predicted octanol–water partition coefficient (Wildman–Crippen LogP) is 2.63. The Morgan fingerprint density at radius 1 is 1.11 bits per heavy atom. The van der Waals surface area contributed by atoms with Gasteiger partial charge in [-0.2, -0.15) is 0 Å². The maximum absolute atomic E-state index is 5.87. The lowest BCUT2D eigenvalue weighted by Crippen LogP contribution is -2.50. The lowest BCUT2D eigenvalue weighted by atomic mass is 9.72. The van der Waals surface area contributed by atoms with Crippen LogP contribution in [-0.2, 0) is 21.4 Å². The second kappa shape index (κ2) is 6.40. The van der Waals surface area contributed by atoms with Crippen molar-refractivity contribution >= 4 is 0 Å². The van der Waals surface area contributed by atoms with Gasteiger partial charge in [-0.25, -0.2) is 0 Å². The predicted molar refractivity (Wildman–Crippen MR) is 99.6 cm³/mol. The van der Waals surface area contributed by atoms with Crippen LogP contribution in [0, 0.1) is 0 Å². The third-order valence-electron chi connectivity index (χ3n) is 6.75. The molecule has 0 saturated carbocycles. The molecular formula is C21H27NO5. The number of hydrogen-bond acceptors (Lipinski definition) is 6. The van der Waals surface area contributed by atoms with E-state index in [-0.39, 0.29) is 24.5 Å². The zero-order valence-corrected chi connectivity index (χ0v) is 16.2. The largest absolute Gasteiger partial charge is 0.492 e. The van der Waals surface area contributed by atoms with Crippen LogP contribution in [0.25, 0.3) is 0 Å². The van der Waals surface area contributed by atoms with Crippen molar-refractivity contribution in [3.63, 3.8) is 0 Å². The van der Waals surface area contributed by atoms with Crippen molar-refractivity contribution in [3.8, 4) is 17.2 Å². The molecule has 0 amide bonds. The highest BCUT2D eigenvalue weighted by molar-refractivity contribution is 5.64. The Kier molecular flexibility index (Phi) is 4.11. The summed E-state index contributed by atoms with van der Waals surface area (Å²) < 4.78 is 28.9. The minimum atomic E-state index is -0.171. The van der Waals surface area contributed by atoms with Crippen LogP contribution in [0.3, 0.4) is 0 Å². The molecule has 3 aliphatic heterocycles. The molecule has 1 fully saturated rings. The first-order chi connectivity index (χ1) is 13.2. The molecule has 3 atom stereocenters. The topological polar surface area (TPSA) is 49.4 Å². The molecule has 4 aliphatic rings. The van der Waals surface area contributed by atoms with Gasteiger partial charge in [0.2, 0.25) is 12.5 Å². The Morgan fingerprint density at radius 2 is 2.00 bits per heavy atom. The third kappa shape index (κ3) is 2.30. The van der Waals surface area contributed by atoms with Crippen LogP contribution in [0.4, 0.5) is 0 Å². The Labute approximate surface area is 160 Å². The molecule has 0 radical (unpaired) electrons. The minimum Gasteiger partial charge on any atom is -0.492 e. The molecule has 1 saturated heterocycles. The normalized spacial score (nSPS) is 31.6. The monoisotopic (exact) mass is 373 g/mol. The van der Waals surface area contributed by atoms with Crippen LogP contribution < -0.4 is 14.2 Å². The van der Waals surface area contributed by atoms with Crippen molar-refractivity contribution in [1.29, 1.82) is 0 Å². The van der Waals surface area contributed by atoms with E-state index < -0.39 is 0 Å². The molecule has 0 N–H and O–H groups in total. The van der Waals surface area contributed by atoms with Gasteiger partial charge in [0.1, 0.15) is 6.10 Å². The molecule has 5 rings (SSSR count). The number of hydrogen-bond donors (Lipinski definition) is 0. The SMILES string of the molecule is COc1c2c(cc3c1OCO3)C13CC(OC)C(OC)C=C1CCN3CCC2. The summed E-state index contributed by atoms with van der Waals surface area (Å²) in [4.78, 5) is 2.63. The quantitative estimate of drug-likeness (QED) is 0.760. The van der Waals surface area contributed by atoms with Crippen LogP contribution in [0.2, 0.25) is 0 Å². The molecule has 27 heavy (non-hydrogen) atoms. The maximum Gasteiger partial charge on any atom is 0.231 e. The maximum atomic E-state index is 5.87. The summed E-state index contributed by atoms with van der Waals surface area (Å²) in [5.74, 6) is 2.37. The summed E-state index contributed by atoms with van der Waals surface area (Å²) in [6, 6.07) is 2.19. The van der Waals surface area contributed by atoms with Gasteiger partial charge < -0.3 is 23.7 Å². The third-order valence-corrected chi connectivity index (χ3v) is 6.75. The second-order valence-corrected chi connectivity index (χ2v) is 7.74. The van der Waals surface area contributed by atoms with Crippen molar-refractivity contribution in [2.24, 2.45) is 0 Å². The van der Waals surface area contributed by atoms with E-state index in [0.29, 0.717) is 0 Å². The van der Waals surface area contributed by atoms with Gasteiger partial charge in [0.25, 0.3) is 0 Å². The second-order valence-electron chi connectivity index (χ2n) is 7.74. The Bertz CT molecular complexity index is 791. The molecule has 3 unspecified atom stereocenters. The summed E-state index contributed by atoms with van der Waals surface area (Å²) in [5, 5.41) is 0. The Morgan fingerprint density at radius 3 is 2.78 bits per heavy atom. The zero-order valence-electron chi connectivity index (χ0n) is 16.2. The van der Waals surface area contributed by atoms with Crippen molar-refractivity contribution in [2.75, 3.05) is 41.2 Å². The van der Waals surface area contributed by atoms with E-state index in [9.17, 15) is 0 Å². The van der Waals surface area contributed by atoms with E-state index in [2.05, 4.69) is 17.0 Å². The summed E-state index contributed by atoms with van der Waals surface area (Å²) in [6.45, 7) is 2.38. The zero-order chi connectivity index (χ0) is 18.6. The van der Waals surface area contributed by atoms with Crippen LogP contribution in [-0.4, -0.2) is 58.3 Å². The number of methoxy groups -OCH3 is 3. The van der Waals surface area contributed by atoms with E-state index in [4.69, 9.17) is 23.7 Å². The number of rotatable bonds is 3. The van der Waals surface area contributed by atoms with Crippen LogP contribution in [0.5, 0.6) is 17.2 Å². The fourth-order valence-corrected chi connectivity index (χ4v) is 5.57. The van der Waals surface area contributed by atoms with Crippen LogP contribution in [0.1, 0.15) is 30.4 Å². The van der Waals surface area contributed by atoms with Gasteiger partial charge in [0.15, 0.2) is 11.5 Å². The lowest BCUT2D eigenvalue weighted by molar-refractivity contribution is -0.0481. The Balaban J connectivity index is 1.76. The summed E-state index contributed by atoms with van der Waals surface area (Å²) in [7, 11) is 5.27. The average Bonchev–Trinajstić information content (AvgIpc) is 3.27. The molecular weight excluding hydrogens is 346 g/mol. The van der Waals surface area contributed by atoms with E-state index >= 15 is 0 Å². The molecule has 6 heteroatoms.